The van der Waals surface area contributed by atoms with Gasteiger partial charge in [0.2, 0.25) is 0 Å². The van der Waals surface area contributed by atoms with Gasteiger partial charge in [-0.15, -0.1) is 0 Å². The van der Waals surface area contributed by atoms with Gasteiger partial charge in [0.1, 0.15) is 11.4 Å². The summed E-state index contributed by atoms with van der Waals surface area (Å²) in [5.74, 6) is 0.707. The number of nitrogens with zero attached hydrogens (tertiary/aromatic N) is 2. The van der Waals surface area contributed by atoms with E-state index in [0.29, 0.717) is 12.4 Å². The zero-order valence-electron chi connectivity index (χ0n) is 14.1. The maximum Gasteiger partial charge on any atom is 0.415 e. The lowest BCUT2D eigenvalue weighted by molar-refractivity contribution is 0.0580. The van der Waals surface area contributed by atoms with E-state index in [0.717, 1.165) is 18.5 Å². The van der Waals surface area contributed by atoms with E-state index in [9.17, 15) is 4.79 Å². The van der Waals surface area contributed by atoms with Gasteiger partial charge in [0.05, 0.1) is 0 Å². The van der Waals surface area contributed by atoms with Crippen LogP contribution < -0.4 is 10.2 Å². The smallest absolute Gasteiger partial charge is 0.415 e. The molecule has 5 heteroatoms. The Bertz CT molecular complexity index is 505. The van der Waals surface area contributed by atoms with Gasteiger partial charge in [-0.2, -0.15) is 0 Å². The van der Waals surface area contributed by atoms with Crippen molar-refractivity contribution < 1.29 is 9.53 Å². The molecule has 1 fully saturated rings. The number of carbonyl (C=O) groups is 1. The van der Waals surface area contributed by atoms with E-state index in [1.807, 2.05) is 33.8 Å². The highest BCUT2D eigenvalue weighted by atomic mass is 16.6. The van der Waals surface area contributed by atoms with Crippen molar-refractivity contribution in [1.82, 2.24) is 10.3 Å². The van der Waals surface area contributed by atoms with Crippen LogP contribution in [0, 0.1) is 0 Å². The zero-order valence-corrected chi connectivity index (χ0v) is 14.1. The van der Waals surface area contributed by atoms with E-state index in [2.05, 4.69) is 16.4 Å². The van der Waals surface area contributed by atoms with Gasteiger partial charge in [0.15, 0.2) is 0 Å². The van der Waals surface area contributed by atoms with Crippen LogP contribution in [0.2, 0.25) is 0 Å². The largest absolute Gasteiger partial charge is 0.443 e. The van der Waals surface area contributed by atoms with E-state index < -0.39 is 5.60 Å². The molecule has 0 aliphatic carbocycles. The van der Waals surface area contributed by atoms with E-state index in [4.69, 9.17) is 4.74 Å². The van der Waals surface area contributed by atoms with Crippen molar-refractivity contribution in [1.29, 1.82) is 0 Å². The van der Waals surface area contributed by atoms with E-state index in [-0.39, 0.29) is 12.1 Å². The normalized spacial score (nSPS) is 18.8. The molecule has 1 aliphatic heterocycles. The summed E-state index contributed by atoms with van der Waals surface area (Å²) in [5.41, 5.74) is 0.567. The van der Waals surface area contributed by atoms with Crippen LogP contribution in [0.1, 0.15) is 58.6 Å². The van der Waals surface area contributed by atoms with Crippen molar-refractivity contribution in [3.8, 4) is 0 Å². The third kappa shape index (κ3) is 4.19. The van der Waals surface area contributed by atoms with E-state index in [1.165, 1.54) is 12.8 Å². The number of aromatic nitrogens is 1. The van der Waals surface area contributed by atoms with Crippen LogP contribution >= 0.6 is 0 Å². The molecular formula is C17H27N3O2. The molecule has 2 rings (SSSR count). The van der Waals surface area contributed by atoms with Crippen molar-refractivity contribution in [3.63, 3.8) is 0 Å². The van der Waals surface area contributed by atoms with Gasteiger partial charge in [-0.25, -0.2) is 9.78 Å². The molecular weight excluding hydrogens is 278 g/mol. The molecule has 122 valence electrons. The van der Waals surface area contributed by atoms with E-state index in [1.54, 1.807) is 11.1 Å². The van der Waals surface area contributed by atoms with Crippen LogP contribution in [-0.2, 0) is 4.74 Å². The Morgan fingerprint density at radius 2 is 2.23 bits per heavy atom. The summed E-state index contributed by atoms with van der Waals surface area (Å²) < 4.78 is 5.51. The molecule has 0 radical (unpaired) electrons. The lowest BCUT2D eigenvalue weighted by atomic mass is 9.98. The predicted octanol–water partition coefficient (Wildman–Crippen LogP) is 3.66. The van der Waals surface area contributed by atoms with Gasteiger partial charge in [-0.1, -0.05) is 12.5 Å². The molecule has 1 atom stereocenters. The molecule has 1 aromatic rings. The van der Waals surface area contributed by atoms with Gasteiger partial charge >= 0.3 is 6.09 Å². The average Bonchev–Trinajstić information content (AvgIpc) is 2.47. The Balaban J connectivity index is 2.27. The maximum absolute atomic E-state index is 12.5. The number of pyridine rings is 1. The molecule has 0 aromatic carbocycles. The van der Waals surface area contributed by atoms with Crippen molar-refractivity contribution >= 4 is 11.9 Å². The van der Waals surface area contributed by atoms with Gasteiger partial charge in [-0.05, 0) is 53.1 Å². The second-order valence-corrected chi connectivity index (χ2v) is 6.64. The minimum Gasteiger partial charge on any atom is -0.443 e. The number of hydrogen-bond acceptors (Lipinski definition) is 4. The van der Waals surface area contributed by atoms with Crippen LogP contribution in [0.3, 0.4) is 0 Å². The predicted molar refractivity (Wildman–Crippen MR) is 88.1 cm³/mol. The molecule has 1 N–H and O–H groups in total. The fourth-order valence-electron chi connectivity index (χ4n) is 2.71. The lowest BCUT2D eigenvalue weighted by Crippen LogP contribution is -2.38. The first-order chi connectivity index (χ1) is 10.4. The van der Waals surface area contributed by atoms with Crippen LogP contribution in [-0.4, -0.2) is 29.8 Å². The Kier molecular flexibility index (Phi) is 5.40. The molecule has 0 saturated carbocycles. The highest BCUT2D eigenvalue weighted by molar-refractivity contribution is 5.87. The number of ether oxygens (including phenoxy) is 1. The molecule has 0 bridgehead atoms. The molecule has 1 saturated heterocycles. The second kappa shape index (κ2) is 7.09. The Labute approximate surface area is 133 Å². The monoisotopic (exact) mass is 305 g/mol. The molecule has 2 heterocycles. The molecule has 1 aliphatic rings. The third-order valence-electron chi connectivity index (χ3n) is 3.69. The van der Waals surface area contributed by atoms with Crippen LogP contribution in [0.5, 0.6) is 0 Å². The van der Waals surface area contributed by atoms with E-state index >= 15 is 0 Å². The van der Waals surface area contributed by atoms with Crippen molar-refractivity contribution in [2.45, 2.75) is 58.6 Å². The van der Waals surface area contributed by atoms with Gasteiger partial charge in [0.25, 0.3) is 0 Å². The minimum atomic E-state index is -0.511. The molecule has 0 unspecified atom stereocenters. The number of amides is 1. The maximum atomic E-state index is 12.5. The van der Waals surface area contributed by atoms with Crippen molar-refractivity contribution in [2.75, 3.05) is 18.0 Å². The molecule has 0 spiro atoms. The topological polar surface area (TPSA) is 54.5 Å². The van der Waals surface area contributed by atoms with Gasteiger partial charge < -0.3 is 10.1 Å². The Hall–Kier alpha value is -1.62. The second-order valence-electron chi connectivity index (χ2n) is 6.64. The standard InChI is InChI=1S/C17H27N3O2/c1-5-20(16(21)22-17(2,3)4)15-13(9-8-12-19-15)14-10-6-7-11-18-14/h8-9,12,14,18H,5-7,10-11H2,1-4H3/t14-/m0/s1. The van der Waals surface area contributed by atoms with Crippen molar-refractivity contribution in [3.05, 3.63) is 23.9 Å². The SMILES string of the molecule is CCN(C(=O)OC(C)(C)C)c1ncccc1[C@@H]1CCCCN1. The van der Waals surface area contributed by atoms with Crippen LogP contribution in [0.4, 0.5) is 10.6 Å². The Morgan fingerprint density at radius 1 is 1.45 bits per heavy atom. The molecule has 1 aromatic heterocycles. The van der Waals surface area contributed by atoms with Gasteiger partial charge in [-0.3, -0.25) is 4.90 Å². The van der Waals surface area contributed by atoms with Crippen LogP contribution in [0.15, 0.2) is 18.3 Å². The first kappa shape index (κ1) is 16.7. The summed E-state index contributed by atoms with van der Waals surface area (Å²) in [6.45, 7) is 9.11. The number of anilines is 1. The quantitative estimate of drug-likeness (QED) is 0.926. The van der Waals surface area contributed by atoms with Crippen molar-refractivity contribution in [2.24, 2.45) is 0 Å². The summed E-state index contributed by atoms with van der Waals surface area (Å²) in [7, 11) is 0. The summed E-state index contributed by atoms with van der Waals surface area (Å²) in [4.78, 5) is 18.6. The average molecular weight is 305 g/mol. The lowest BCUT2D eigenvalue weighted by Gasteiger charge is -2.30. The summed E-state index contributed by atoms with van der Waals surface area (Å²) in [6, 6.07) is 4.24. The zero-order chi connectivity index (χ0) is 16.2. The number of rotatable bonds is 3. The highest BCUT2D eigenvalue weighted by Crippen LogP contribution is 2.30. The highest BCUT2D eigenvalue weighted by Gasteiger charge is 2.27. The molecule has 1 amide bonds. The fourth-order valence-corrected chi connectivity index (χ4v) is 2.71. The number of hydrogen-bond donors (Lipinski definition) is 1. The van der Waals surface area contributed by atoms with Gasteiger partial charge in [0, 0.05) is 24.3 Å². The first-order valence-electron chi connectivity index (χ1n) is 8.11. The Morgan fingerprint density at radius 3 is 2.82 bits per heavy atom. The minimum absolute atomic E-state index is 0.258. The summed E-state index contributed by atoms with van der Waals surface area (Å²) >= 11 is 0. The molecule has 5 nitrogen and oxygen atoms in total. The fraction of sp³-hybridized carbons (Fsp3) is 0.647. The number of carbonyl (C=O) groups excluding carboxylic acids is 1. The first-order valence-corrected chi connectivity index (χ1v) is 8.11. The molecule has 22 heavy (non-hydrogen) atoms. The summed E-state index contributed by atoms with van der Waals surface area (Å²) in [5, 5.41) is 3.52. The third-order valence-corrected chi connectivity index (χ3v) is 3.69. The number of nitrogens with one attached hydrogen (secondary N) is 1. The number of piperidine rings is 1. The summed E-state index contributed by atoms with van der Waals surface area (Å²) in [6.07, 6.45) is 4.87. The van der Waals surface area contributed by atoms with Crippen LogP contribution in [0.25, 0.3) is 0 Å².